The second kappa shape index (κ2) is 14.4. The molecule has 0 saturated carbocycles. The van der Waals surface area contributed by atoms with Crippen LogP contribution in [-0.4, -0.2) is 66.9 Å². The van der Waals surface area contributed by atoms with Crippen molar-refractivity contribution in [2.75, 3.05) is 22.9 Å². The Hall–Kier alpha value is -4.66. The Kier molecular flexibility index (Phi) is 10.6. The number of sulfonamides is 1. The van der Waals surface area contributed by atoms with Crippen molar-refractivity contribution in [3.05, 3.63) is 106 Å². The molecule has 0 unspecified atom stereocenters. The van der Waals surface area contributed by atoms with Gasteiger partial charge in [-0.2, -0.15) is 0 Å². The second-order valence-corrected chi connectivity index (χ2v) is 13.6. The number of anilines is 2. The van der Waals surface area contributed by atoms with Gasteiger partial charge in [-0.25, -0.2) is 8.42 Å². The Morgan fingerprint density at radius 1 is 0.911 bits per heavy atom. The van der Waals surface area contributed by atoms with Crippen molar-refractivity contribution >= 4 is 49.9 Å². The summed E-state index contributed by atoms with van der Waals surface area (Å²) in [6.07, 6.45) is -0.614. The summed E-state index contributed by atoms with van der Waals surface area (Å²) in [6.45, 7) is 3.52. The molecule has 4 N–H and O–H groups in total. The first kappa shape index (κ1) is 33.2. The molecule has 0 aliphatic heterocycles. The first-order valence-corrected chi connectivity index (χ1v) is 16.6. The van der Waals surface area contributed by atoms with E-state index in [0.717, 1.165) is 33.0 Å². The summed E-state index contributed by atoms with van der Waals surface area (Å²) in [5, 5.41) is 27.7. The van der Waals surface area contributed by atoms with E-state index in [-0.39, 0.29) is 34.4 Å². The molecular formula is C31H34N6O6S2. The highest BCUT2D eigenvalue weighted by Crippen LogP contribution is 2.23. The lowest BCUT2D eigenvalue weighted by Crippen LogP contribution is -2.50. The van der Waals surface area contributed by atoms with E-state index in [1.54, 1.807) is 38.1 Å². The molecule has 4 rings (SSSR count). The van der Waals surface area contributed by atoms with Gasteiger partial charge in [0.25, 0.3) is 17.7 Å². The summed E-state index contributed by atoms with van der Waals surface area (Å²) >= 11 is 1.13. The molecule has 3 atom stereocenters. The van der Waals surface area contributed by atoms with Crippen molar-refractivity contribution in [3.63, 3.8) is 0 Å². The number of rotatable bonds is 12. The van der Waals surface area contributed by atoms with Crippen LogP contribution in [0.15, 0.2) is 78.9 Å². The summed E-state index contributed by atoms with van der Waals surface area (Å²) in [7, 11) is -2.45. The number of aliphatic hydroxyl groups is 1. The normalized spacial score (nSPS) is 13.3. The lowest BCUT2D eigenvalue weighted by molar-refractivity contribution is -0.125. The van der Waals surface area contributed by atoms with Gasteiger partial charge in [-0.05, 0) is 49.6 Å². The molecule has 3 aromatic carbocycles. The van der Waals surface area contributed by atoms with E-state index in [1.165, 1.54) is 25.2 Å². The van der Waals surface area contributed by atoms with Gasteiger partial charge in [0, 0.05) is 18.2 Å². The van der Waals surface area contributed by atoms with Crippen molar-refractivity contribution in [3.8, 4) is 0 Å². The van der Waals surface area contributed by atoms with Crippen molar-refractivity contribution in [2.24, 2.45) is 0 Å². The number of benzene rings is 3. The van der Waals surface area contributed by atoms with Crippen LogP contribution in [-0.2, 0) is 21.2 Å². The van der Waals surface area contributed by atoms with Crippen LogP contribution in [0.4, 0.5) is 10.8 Å². The smallest absolute Gasteiger partial charge is 0.257 e. The Balaban J connectivity index is 1.64. The number of hydrogen-bond acceptors (Lipinski definition) is 9. The zero-order chi connectivity index (χ0) is 32.7. The SMILES string of the molecule is Cc1nnc(NC(=O)[C@@H](O)[C@H](Cc2ccccc2)NC(=O)c2cc(C(=O)N[C@H](C)c3ccccc3)cc(N(C)S(C)(=O)=O)c2)s1. The topological polar surface area (TPSA) is 171 Å². The van der Waals surface area contributed by atoms with Gasteiger partial charge in [0.1, 0.15) is 5.01 Å². The van der Waals surface area contributed by atoms with Gasteiger partial charge in [-0.1, -0.05) is 72.0 Å². The molecule has 12 nitrogen and oxygen atoms in total. The summed E-state index contributed by atoms with van der Waals surface area (Å²) in [4.78, 5) is 40.0. The summed E-state index contributed by atoms with van der Waals surface area (Å²) in [6, 6.07) is 20.8. The van der Waals surface area contributed by atoms with E-state index in [0.29, 0.717) is 5.01 Å². The van der Waals surface area contributed by atoms with E-state index >= 15 is 0 Å². The molecule has 45 heavy (non-hydrogen) atoms. The van der Waals surface area contributed by atoms with Crippen molar-refractivity contribution < 1.29 is 27.9 Å². The van der Waals surface area contributed by atoms with Crippen molar-refractivity contribution in [1.82, 2.24) is 20.8 Å². The number of hydrogen-bond donors (Lipinski definition) is 4. The van der Waals surface area contributed by atoms with Crippen molar-refractivity contribution in [2.45, 2.75) is 38.5 Å². The van der Waals surface area contributed by atoms with Gasteiger partial charge in [0.05, 0.1) is 24.0 Å². The lowest BCUT2D eigenvalue weighted by atomic mass is 9.99. The van der Waals surface area contributed by atoms with Gasteiger partial charge in [0.15, 0.2) is 6.10 Å². The molecule has 0 aliphatic carbocycles. The molecule has 14 heteroatoms. The molecule has 0 spiro atoms. The lowest BCUT2D eigenvalue weighted by Gasteiger charge is -2.24. The number of carbonyl (C=O) groups is 3. The third kappa shape index (κ3) is 8.94. The van der Waals surface area contributed by atoms with Gasteiger partial charge in [-0.15, -0.1) is 10.2 Å². The van der Waals surface area contributed by atoms with Crippen LogP contribution in [0.25, 0.3) is 0 Å². The molecule has 0 bridgehead atoms. The zero-order valence-corrected chi connectivity index (χ0v) is 26.7. The fourth-order valence-electron chi connectivity index (χ4n) is 4.42. The molecule has 236 valence electrons. The molecule has 0 fully saturated rings. The molecule has 3 amide bonds. The Bertz CT molecular complexity index is 1770. The van der Waals surface area contributed by atoms with Gasteiger partial charge < -0.3 is 15.7 Å². The third-order valence-corrected chi connectivity index (χ3v) is 8.93. The average Bonchev–Trinajstić information content (AvgIpc) is 3.44. The number of aryl methyl sites for hydroxylation is 1. The number of nitrogens with one attached hydrogen (secondary N) is 3. The molecular weight excluding hydrogens is 617 g/mol. The maximum absolute atomic E-state index is 13.7. The molecule has 1 aromatic heterocycles. The standard InChI is InChI=1S/C31H34N6O6S2/c1-19(22-13-9-6-10-14-22)32-28(39)23-16-24(18-25(17-23)37(3)45(4,42)43)29(40)33-26(15-21-11-7-5-8-12-21)27(38)30(41)34-31-36-35-20(2)44-31/h5-14,16-19,26-27,38H,15H2,1-4H3,(H,32,39)(H,33,40)(H,34,36,41)/t19-,26+,27+/m1/s1. The number of amides is 3. The Labute approximate surface area is 265 Å². The van der Waals surface area contributed by atoms with Crippen LogP contribution < -0.4 is 20.3 Å². The van der Waals surface area contributed by atoms with E-state index < -0.39 is 39.9 Å². The molecule has 0 saturated heterocycles. The Morgan fingerprint density at radius 2 is 1.49 bits per heavy atom. The minimum atomic E-state index is -3.76. The van der Waals surface area contributed by atoms with Crippen molar-refractivity contribution in [1.29, 1.82) is 0 Å². The number of carbonyl (C=O) groups excluding carboxylic acids is 3. The van der Waals surface area contributed by atoms with Crippen LogP contribution in [0.2, 0.25) is 0 Å². The second-order valence-electron chi connectivity index (χ2n) is 10.4. The maximum atomic E-state index is 13.7. The minimum absolute atomic E-state index is 0.0421. The monoisotopic (exact) mass is 650 g/mol. The predicted molar refractivity (Wildman–Crippen MR) is 173 cm³/mol. The molecule has 0 radical (unpaired) electrons. The first-order chi connectivity index (χ1) is 21.3. The quantitative estimate of drug-likeness (QED) is 0.181. The highest BCUT2D eigenvalue weighted by molar-refractivity contribution is 7.92. The molecule has 0 aliphatic rings. The zero-order valence-electron chi connectivity index (χ0n) is 25.1. The van der Waals surface area contributed by atoms with E-state index in [1.807, 2.05) is 36.4 Å². The van der Waals surface area contributed by atoms with Crippen LogP contribution in [0.3, 0.4) is 0 Å². The highest BCUT2D eigenvalue weighted by Gasteiger charge is 2.30. The largest absolute Gasteiger partial charge is 0.381 e. The van der Waals surface area contributed by atoms with Crippen LogP contribution in [0.5, 0.6) is 0 Å². The minimum Gasteiger partial charge on any atom is -0.381 e. The van der Waals surface area contributed by atoms with E-state index in [2.05, 4.69) is 26.1 Å². The third-order valence-electron chi connectivity index (χ3n) is 6.97. The molecule has 4 aromatic rings. The fraction of sp³-hybridized carbons (Fsp3) is 0.258. The first-order valence-electron chi connectivity index (χ1n) is 13.9. The van der Waals surface area contributed by atoms with E-state index in [4.69, 9.17) is 0 Å². The van der Waals surface area contributed by atoms with Crippen LogP contribution in [0, 0.1) is 6.92 Å². The molecule has 1 heterocycles. The van der Waals surface area contributed by atoms with Gasteiger partial charge in [0.2, 0.25) is 15.2 Å². The average molecular weight is 651 g/mol. The number of aromatic nitrogens is 2. The maximum Gasteiger partial charge on any atom is 0.257 e. The summed E-state index contributed by atoms with van der Waals surface area (Å²) in [5.41, 5.74) is 1.66. The predicted octanol–water partition coefficient (Wildman–Crippen LogP) is 3.07. The highest BCUT2D eigenvalue weighted by atomic mass is 32.2. The number of nitrogens with zero attached hydrogens (tertiary/aromatic N) is 3. The van der Waals surface area contributed by atoms with Gasteiger partial charge in [-0.3, -0.25) is 24.0 Å². The van der Waals surface area contributed by atoms with Crippen LogP contribution in [0.1, 0.15) is 49.8 Å². The van der Waals surface area contributed by atoms with Crippen LogP contribution >= 0.6 is 11.3 Å². The van der Waals surface area contributed by atoms with E-state index in [9.17, 15) is 27.9 Å². The summed E-state index contributed by atoms with van der Waals surface area (Å²) < 4.78 is 25.7. The van der Waals surface area contributed by atoms with Gasteiger partial charge >= 0.3 is 0 Å². The summed E-state index contributed by atoms with van der Waals surface area (Å²) in [5.74, 6) is -2.06. The Morgan fingerprint density at radius 3 is 2.04 bits per heavy atom. The number of aliphatic hydroxyl groups excluding tert-OH is 1. The fourth-order valence-corrected chi connectivity index (χ4v) is 5.51.